The molecule has 1 atom stereocenters. The standard InChI is InChI=1S/C17H20N4O3.ClH/c1-24-17-3-2-13(10-15(17)21(22)23)12-20-9-8-19-11-16(20)14-4-6-18-7-5-14;/h2-7,10,16,19H,8-9,11-12H2,1H3;1H. The van der Waals surface area contributed by atoms with Gasteiger partial charge in [0.2, 0.25) is 0 Å². The third-order valence-corrected chi connectivity index (χ3v) is 4.27. The number of hydrogen-bond acceptors (Lipinski definition) is 6. The summed E-state index contributed by atoms with van der Waals surface area (Å²) in [6.07, 6.45) is 3.58. The van der Waals surface area contributed by atoms with Crippen LogP contribution in [0.25, 0.3) is 0 Å². The van der Waals surface area contributed by atoms with Gasteiger partial charge in [0.1, 0.15) is 0 Å². The summed E-state index contributed by atoms with van der Waals surface area (Å²) in [5.41, 5.74) is 2.11. The Morgan fingerprint density at radius 3 is 2.80 bits per heavy atom. The lowest BCUT2D eigenvalue weighted by atomic mass is 10.0. The van der Waals surface area contributed by atoms with Crippen molar-refractivity contribution in [1.82, 2.24) is 15.2 Å². The molecule has 2 heterocycles. The van der Waals surface area contributed by atoms with Crippen molar-refractivity contribution in [3.8, 4) is 5.75 Å². The quantitative estimate of drug-likeness (QED) is 0.648. The number of ether oxygens (including phenoxy) is 1. The van der Waals surface area contributed by atoms with Gasteiger partial charge in [-0.2, -0.15) is 0 Å². The Labute approximate surface area is 152 Å². The molecule has 0 saturated carbocycles. The lowest BCUT2D eigenvalue weighted by molar-refractivity contribution is -0.385. The highest BCUT2D eigenvalue weighted by Gasteiger charge is 2.24. The van der Waals surface area contributed by atoms with Crippen molar-refractivity contribution in [1.29, 1.82) is 0 Å². The van der Waals surface area contributed by atoms with E-state index in [1.54, 1.807) is 24.5 Å². The van der Waals surface area contributed by atoms with Crippen LogP contribution < -0.4 is 10.1 Å². The first-order valence-corrected chi connectivity index (χ1v) is 7.85. The third-order valence-electron chi connectivity index (χ3n) is 4.27. The zero-order chi connectivity index (χ0) is 16.9. The Kier molecular flexibility index (Phi) is 6.69. The number of nitro groups is 1. The molecule has 1 aromatic carbocycles. The van der Waals surface area contributed by atoms with Crippen molar-refractivity contribution < 1.29 is 9.66 Å². The van der Waals surface area contributed by atoms with E-state index in [0.717, 1.165) is 25.2 Å². The highest BCUT2D eigenvalue weighted by Crippen LogP contribution is 2.30. The molecule has 0 radical (unpaired) electrons. The van der Waals surface area contributed by atoms with Crippen LogP contribution in [-0.4, -0.2) is 41.6 Å². The maximum absolute atomic E-state index is 11.2. The minimum Gasteiger partial charge on any atom is -0.490 e. The van der Waals surface area contributed by atoms with E-state index < -0.39 is 4.92 Å². The van der Waals surface area contributed by atoms with Crippen LogP contribution in [0.5, 0.6) is 5.75 Å². The molecule has 1 aliphatic rings. The average molecular weight is 365 g/mol. The number of aromatic nitrogens is 1. The van der Waals surface area contributed by atoms with Crippen molar-refractivity contribution in [3.63, 3.8) is 0 Å². The lowest BCUT2D eigenvalue weighted by Gasteiger charge is -2.36. The second-order valence-electron chi connectivity index (χ2n) is 5.73. The Bertz CT molecular complexity index is 714. The lowest BCUT2D eigenvalue weighted by Crippen LogP contribution is -2.45. The fraction of sp³-hybridized carbons (Fsp3) is 0.353. The second-order valence-corrected chi connectivity index (χ2v) is 5.73. The Balaban J connectivity index is 0.00000225. The Morgan fingerprint density at radius 2 is 2.12 bits per heavy atom. The smallest absolute Gasteiger partial charge is 0.311 e. The predicted molar refractivity (Wildman–Crippen MR) is 97.2 cm³/mol. The van der Waals surface area contributed by atoms with Crippen molar-refractivity contribution in [2.45, 2.75) is 12.6 Å². The largest absolute Gasteiger partial charge is 0.490 e. The number of nitrogens with zero attached hydrogens (tertiary/aromatic N) is 3. The SMILES string of the molecule is COc1ccc(CN2CCNCC2c2ccncc2)cc1[N+](=O)[O-].Cl. The summed E-state index contributed by atoms with van der Waals surface area (Å²) in [7, 11) is 1.44. The maximum Gasteiger partial charge on any atom is 0.311 e. The van der Waals surface area contributed by atoms with E-state index in [-0.39, 0.29) is 29.9 Å². The van der Waals surface area contributed by atoms with Crippen molar-refractivity contribution in [3.05, 3.63) is 64.0 Å². The molecule has 0 spiro atoms. The molecule has 3 rings (SSSR count). The number of piperazine rings is 1. The summed E-state index contributed by atoms with van der Waals surface area (Å²) in [6.45, 7) is 3.29. The number of pyridine rings is 1. The van der Waals surface area contributed by atoms with E-state index >= 15 is 0 Å². The third kappa shape index (κ3) is 4.45. The highest BCUT2D eigenvalue weighted by atomic mass is 35.5. The first kappa shape index (κ1) is 19.1. The van der Waals surface area contributed by atoms with Gasteiger partial charge in [-0.25, -0.2) is 0 Å². The molecule has 1 aliphatic heterocycles. The van der Waals surface area contributed by atoms with Crippen LogP contribution in [-0.2, 0) is 6.54 Å². The number of nitrogens with one attached hydrogen (secondary N) is 1. The summed E-state index contributed by atoms with van der Waals surface area (Å²) < 4.78 is 5.07. The zero-order valence-electron chi connectivity index (χ0n) is 13.9. The van der Waals surface area contributed by atoms with E-state index in [2.05, 4.69) is 15.2 Å². The molecule has 2 aromatic rings. The minimum atomic E-state index is -0.402. The molecule has 25 heavy (non-hydrogen) atoms. The molecule has 7 nitrogen and oxygen atoms in total. The molecule has 1 fully saturated rings. The molecule has 0 amide bonds. The van der Waals surface area contributed by atoms with Gasteiger partial charge in [-0.1, -0.05) is 6.07 Å². The molecule has 1 N–H and O–H groups in total. The van der Waals surface area contributed by atoms with Crippen LogP contribution >= 0.6 is 12.4 Å². The molecule has 1 aromatic heterocycles. The van der Waals surface area contributed by atoms with Crippen LogP contribution in [0.3, 0.4) is 0 Å². The molecule has 134 valence electrons. The molecule has 0 aliphatic carbocycles. The number of hydrogen-bond donors (Lipinski definition) is 1. The number of methoxy groups -OCH3 is 1. The number of nitro benzene ring substituents is 1. The topological polar surface area (TPSA) is 80.5 Å². The summed E-state index contributed by atoms with van der Waals surface area (Å²) in [5, 5.41) is 14.6. The second kappa shape index (κ2) is 8.75. The van der Waals surface area contributed by atoms with Gasteiger partial charge >= 0.3 is 5.69 Å². The first-order chi connectivity index (χ1) is 11.7. The van der Waals surface area contributed by atoms with Gasteiger partial charge in [-0.3, -0.25) is 20.0 Å². The Hall–Kier alpha value is -2.22. The number of rotatable bonds is 5. The van der Waals surface area contributed by atoms with Gasteiger partial charge in [0.05, 0.1) is 12.0 Å². The molecule has 0 bridgehead atoms. The maximum atomic E-state index is 11.2. The van der Waals surface area contributed by atoms with E-state index in [1.807, 2.05) is 18.2 Å². The van der Waals surface area contributed by atoms with E-state index in [1.165, 1.54) is 12.7 Å². The van der Waals surface area contributed by atoms with Crippen molar-refractivity contribution in [2.75, 3.05) is 26.7 Å². The zero-order valence-corrected chi connectivity index (χ0v) is 14.7. The molecule has 1 unspecified atom stereocenters. The van der Waals surface area contributed by atoms with Gasteiger partial charge < -0.3 is 10.1 Å². The van der Waals surface area contributed by atoms with Gasteiger partial charge in [-0.15, -0.1) is 12.4 Å². The molecule has 1 saturated heterocycles. The summed E-state index contributed by atoms with van der Waals surface area (Å²) in [4.78, 5) is 17.2. The van der Waals surface area contributed by atoms with E-state index in [9.17, 15) is 10.1 Å². The molecule has 8 heteroatoms. The van der Waals surface area contributed by atoms with Gasteiger partial charge in [-0.05, 0) is 29.3 Å². The van der Waals surface area contributed by atoms with Gasteiger partial charge in [0.25, 0.3) is 0 Å². The van der Waals surface area contributed by atoms with Gasteiger partial charge in [0.15, 0.2) is 5.75 Å². The fourth-order valence-electron chi connectivity index (χ4n) is 3.06. The molecular formula is C17H21ClN4O3. The number of halogens is 1. The predicted octanol–water partition coefficient (Wildman–Crippen LogP) is 2.57. The van der Waals surface area contributed by atoms with Crippen molar-refractivity contribution in [2.24, 2.45) is 0 Å². The highest BCUT2D eigenvalue weighted by molar-refractivity contribution is 5.85. The normalized spacial score (nSPS) is 17.6. The summed E-state index contributed by atoms with van der Waals surface area (Å²) in [6, 6.07) is 9.41. The monoisotopic (exact) mass is 364 g/mol. The average Bonchev–Trinajstić information content (AvgIpc) is 2.63. The number of benzene rings is 1. The first-order valence-electron chi connectivity index (χ1n) is 7.85. The van der Waals surface area contributed by atoms with E-state index in [0.29, 0.717) is 6.54 Å². The van der Waals surface area contributed by atoms with Crippen molar-refractivity contribution >= 4 is 18.1 Å². The van der Waals surface area contributed by atoms with Crippen LogP contribution in [0.15, 0.2) is 42.7 Å². The van der Waals surface area contributed by atoms with Crippen LogP contribution in [0, 0.1) is 10.1 Å². The summed E-state index contributed by atoms with van der Waals surface area (Å²) in [5.74, 6) is 0.287. The van der Waals surface area contributed by atoms with Crippen LogP contribution in [0.1, 0.15) is 17.2 Å². The van der Waals surface area contributed by atoms with Crippen LogP contribution in [0.4, 0.5) is 5.69 Å². The fourth-order valence-corrected chi connectivity index (χ4v) is 3.06. The summed E-state index contributed by atoms with van der Waals surface area (Å²) >= 11 is 0. The van der Waals surface area contributed by atoms with E-state index in [4.69, 9.17) is 4.74 Å². The molecular weight excluding hydrogens is 344 g/mol. The van der Waals surface area contributed by atoms with Gasteiger partial charge in [0, 0.05) is 50.7 Å². The minimum absolute atomic E-state index is 0. The Morgan fingerprint density at radius 1 is 1.36 bits per heavy atom. The van der Waals surface area contributed by atoms with Crippen LogP contribution in [0.2, 0.25) is 0 Å².